The highest BCUT2D eigenvalue weighted by atomic mass is 35.5. The number of thioether (sulfide) groups is 1. The molecule has 2 N–H and O–H groups in total. The maximum Gasteiger partial charge on any atom is 0.338 e. The number of amides is 2. The van der Waals surface area contributed by atoms with Crippen molar-refractivity contribution in [2.45, 2.75) is 30.6 Å². The highest BCUT2D eigenvalue weighted by Crippen LogP contribution is 2.24. The standard InChI is InChI=1S/C25H23ClN2O4S/c1-16(24(30)28-22-11-9-21(10-12-22)27-17(2)29)32-25(31)19-5-3-18(4-6-19)15-33-23-13-7-20(26)8-14-23/h3-14,16H,15H2,1-2H3,(H,27,29)(H,28,30). The Morgan fingerprint density at radius 1 is 0.879 bits per heavy atom. The molecule has 1 unspecified atom stereocenters. The fourth-order valence-corrected chi connectivity index (χ4v) is 3.78. The van der Waals surface area contributed by atoms with Crippen molar-refractivity contribution >= 4 is 52.5 Å². The van der Waals surface area contributed by atoms with Gasteiger partial charge < -0.3 is 15.4 Å². The van der Waals surface area contributed by atoms with Crippen LogP contribution in [0.1, 0.15) is 29.8 Å². The number of benzene rings is 3. The first kappa shape index (κ1) is 24.4. The molecule has 1 atom stereocenters. The minimum Gasteiger partial charge on any atom is -0.449 e. The van der Waals surface area contributed by atoms with Gasteiger partial charge in [0.2, 0.25) is 5.91 Å². The van der Waals surface area contributed by atoms with E-state index in [0.717, 1.165) is 16.2 Å². The molecule has 8 heteroatoms. The second-order valence-electron chi connectivity index (χ2n) is 7.23. The van der Waals surface area contributed by atoms with Crippen molar-refractivity contribution in [3.8, 4) is 0 Å². The Morgan fingerprint density at radius 3 is 2.03 bits per heavy atom. The molecule has 0 aliphatic rings. The first-order valence-corrected chi connectivity index (χ1v) is 11.5. The molecule has 0 aliphatic heterocycles. The van der Waals surface area contributed by atoms with Gasteiger partial charge >= 0.3 is 5.97 Å². The van der Waals surface area contributed by atoms with Crippen molar-refractivity contribution in [3.05, 3.63) is 88.9 Å². The van der Waals surface area contributed by atoms with Gasteiger partial charge in [-0.2, -0.15) is 0 Å². The molecule has 170 valence electrons. The van der Waals surface area contributed by atoms with Gasteiger partial charge in [-0.25, -0.2) is 4.79 Å². The van der Waals surface area contributed by atoms with Crippen molar-refractivity contribution < 1.29 is 19.1 Å². The average molecular weight is 483 g/mol. The SMILES string of the molecule is CC(=O)Nc1ccc(NC(=O)C(C)OC(=O)c2ccc(CSc3ccc(Cl)cc3)cc2)cc1. The number of nitrogens with one attached hydrogen (secondary N) is 2. The molecule has 0 aliphatic carbocycles. The molecule has 3 rings (SSSR count). The quantitative estimate of drug-likeness (QED) is 0.314. The maximum atomic E-state index is 12.4. The Hall–Kier alpha value is -3.29. The number of carbonyl (C=O) groups is 3. The van der Waals surface area contributed by atoms with Gasteiger partial charge in [-0.15, -0.1) is 11.8 Å². The second-order valence-corrected chi connectivity index (χ2v) is 8.72. The van der Waals surface area contributed by atoms with Crippen LogP contribution in [-0.4, -0.2) is 23.9 Å². The van der Waals surface area contributed by atoms with Crippen molar-refractivity contribution in [1.82, 2.24) is 0 Å². The van der Waals surface area contributed by atoms with E-state index in [1.165, 1.54) is 13.8 Å². The van der Waals surface area contributed by atoms with E-state index in [9.17, 15) is 14.4 Å². The number of anilines is 2. The van der Waals surface area contributed by atoms with Crippen molar-refractivity contribution in [2.75, 3.05) is 10.6 Å². The molecular formula is C25H23ClN2O4S. The molecule has 0 radical (unpaired) electrons. The smallest absolute Gasteiger partial charge is 0.338 e. The van der Waals surface area contributed by atoms with E-state index in [1.54, 1.807) is 48.2 Å². The predicted molar refractivity (Wildman–Crippen MR) is 132 cm³/mol. The van der Waals surface area contributed by atoms with Crippen LogP contribution in [-0.2, 0) is 20.1 Å². The highest BCUT2D eigenvalue weighted by molar-refractivity contribution is 7.98. The molecule has 0 bridgehead atoms. The lowest BCUT2D eigenvalue weighted by atomic mass is 10.1. The van der Waals surface area contributed by atoms with Gasteiger partial charge in [0.05, 0.1) is 5.56 Å². The van der Waals surface area contributed by atoms with Crippen LogP contribution in [0.25, 0.3) is 0 Å². The number of carbonyl (C=O) groups excluding carboxylic acids is 3. The van der Waals surface area contributed by atoms with E-state index in [4.69, 9.17) is 16.3 Å². The molecule has 33 heavy (non-hydrogen) atoms. The summed E-state index contributed by atoms with van der Waals surface area (Å²) in [7, 11) is 0. The number of rotatable bonds is 8. The third-order valence-electron chi connectivity index (χ3n) is 4.53. The van der Waals surface area contributed by atoms with E-state index in [0.29, 0.717) is 22.0 Å². The van der Waals surface area contributed by atoms with Gasteiger partial charge in [0, 0.05) is 34.0 Å². The van der Waals surface area contributed by atoms with Gasteiger partial charge in [-0.1, -0.05) is 23.7 Å². The number of halogens is 1. The summed E-state index contributed by atoms with van der Waals surface area (Å²) < 4.78 is 5.30. The minimum atomic E-state index is -0.979. The van der Waals surface area contributed by atoms with Crippen molar-refractivity contribution in [3.63, 3.8) is 0 Å². The molecule has 6 nitrogen and oxygen atoms in total. The molecule has 0 aromatic heterocycles. The van der Waals surface area contributed by atoms with Crippen LogP contribution in [0.2, 0.25) is 5.02 Å². The Balaban J connectivity index is 1.49. The van der Waals surface area contributed by atoms with Crippen molar-refractivity contribution in [1.29, 1.82) is 0 Å². The van der Waals surface area contributed by atoms with Gasteiger partial charge in [0.15, 0.2) is 6.10 Å². The summed E-state index contributed by atoms with van der Waals surface area (Å²) in [6, 6.07) is 21.4. The zero-order valence-corrected chi connectivity index (χ0v) is 19.7. The normalized spacial score (nSPS) is 11.4. The van der Waals surface area contributed by atoms with Crippen LogP contribution in [0.4, 0.5) is 11.4 Å². The highest BCUT2D eigenvalue weighted by Gasteiger charge is 2.19. The Bertz CT molecular complexity index is 1120. The zero-order chi connectivity index (χ0) is 23.8. The molecule has 3 aromatic rings. The number of esters is 1. The molecule has 0 spiro atoms. The molecule has 0 fully saturated rings. The monoisotopic (exact) mass is 482 g/mol. The first-order valence-electron chi connectivity index (χ1n) is 10.2. The number of ether oxygens (including phenoxy) is 1. The lowest BCUT2D eigenvalue weighted by molar-refractivity contribution is -0.123. The second kappa shape index (κ2) is 11.5. The number of hydrogen-bond donors (Lipinski definition) is 2. The minimum absolute atomic E-state index is 0.180. The summed E-state index contributed by atoms with van der Waals surface area (Å²) in [6.45, 7) is 2.93. The van der Waals surface area contributed by atoms with E-state index < -0.39 is 18.0 Å². The van der Waals surface area contributed by atoms with Crippen LogP contribution < -0.4 is 10.6 Å². The molecule has 0 saturated heterocycles. The third kappa shape index (κ3) is 7.66. The Morgan fingerprint density at radius 2 is 1.45 bits per heavy atom. The summed E-state index contributed by atoms with van der Waals surface area (Å²) in [5, 5.41) is 6.03. The lowest BCUT2D eigenvalue weighted by Gasteiger charge is -2.14. The van der Waals surface area contributed by atoms with Crippen LogP contribution in [0.3, 0.4) is 0 Å². The molecule has 3 aromatic carbocycles. The Labute approximate surface area is 201 Å². The van der Waals surface area contributed by atoms with Crippen LogP contribution in [0.15, 0.2) is 77.7 Å². The Kier molecular flexibility index (Phi) is 8.52. The van der Waals surface area contributed by atoms with E-state index in [-0.39, 0.29) is 5.91 Å². The first-order chi connectivity index (χ1) is 15.8. The topological polar surface area (TPSA) is 84.5 Å². The van der Waals surface area contributed by atoms with Gasteiger partial charge in [-0.3, -0.25) is 9.59 Å². The summed E-state index contributed by atoms with van der Waals surface area (Å²) in [6.07, 6.45) is -0.979. The summed E-state index contributed by atoms with van der Waals surface area (Å²) in [4.78, 5) is 37.0. The van der Waals surface area contributed by atoms with E-state index in [1.807, 2.05) is 36.4 Å². The fraction of sp³-hybridized carbons (Fsp3) is 0.160. The van der Waals surface area contributed by atoms with Crippen LogP contribution in [0.5, 0.6) is 0 Å². The number of hydrogen-bond acceptors (Lipinski definition) is 5. The van der Waals surface area contributed by atoms with Crippen molar-refractivity contribution in [2.24, 2.45) is 0 Å². The van der Waals surface area contributed by atoms with Gasteiger partial charge in [0.1, 0.15) is 0 Å². The van der Waals surface area contributed by atoms with E-state index >= 15 is 0 Å². The lowest BCUT2D eigenvalue weighted by Crippen LogP contribution is -2.30. The molecule has 2 amide bonds. The summed E-state index contributed by atoms with van der Waals surface area (Å²) >= 11 is 7.57. The van der Waals surface area contributed by atoms with Crippen LogP contribution >= 0.6 is 23.4 Å². The molecule has 0 heterocycles. The fourth-order valence-electron chi connectivity index (χ4n) is 2.80. The summed E-state index contributed by atoms with van der Waals surface area (Å²) in [5.74, 6) is -0.459. The molecular weight excluding hydrogens is 460 g/mol. The zero-order valence-electron chi connectivity index (χ0n) is 18.1. The summed E-state index contributed by atoms with van der Waals surface area (Å²) in [5.41, 5.74) is 2.57. The average Bonchev–Trinajstić information content (AvgIpc) is 2.80. The largest absolute Gasteiger partial charge is 0.449 e. The van der Waals surface area contributed by atoms with Crippen LogP contribution in [0, 0.1) is 0 Å². The maximum absolute atomic E-state index is 12.4. The van der Waals surface area contributed by atoms with Gasteiger partial charge in [0.25, 0.3) is 5.91 Å². The third-order valence-corrected chi connectivity index (χ3v) is 5.87. The van der Waals surface area contributed by atoms with Gasteiger partial charge in [-0.05, 0) is 73.2 Å². The van der Waals surface area contributed by atoms with E-state index in [2.05, 4.69) is 10.6 Å². The molecule has 0 saturated carbocycles. The predicted octanol–water partition coefficient (Wildman–Crippen LogP) is 5.77.